The van der Waals surface area contributed by atoms with Crippen LogP contribution in [-0.2, 0) is 0 Å². The second-order valence-electron chi connectivity index (χ2n) is 2.21. The molecule has 1 rings (SSSR count). The molecule has 0 saturated carbocycles. The number of halogens is 1. The molecule has 0 unspecified atom stereocenters. The van der Waals surface area contributed by atoms with Crippen LogP contribution in [0.3, 0.4) is 0 Å². The summed E-state index contributed by atoms with van der Waals surface area (Å²) in [5.41, 5.74) is 0. The molecule has 0 radical (unpaired) electrons. The lowest BCUT2D eigenvalue weighted by Gasteiger charge is -2.04. The van der Waals surface area contributed by atoms with E-state index in [-0.39, 0.29) is 0 Å². The van der Waals surface area contributed by atoms with E-state index in [4.69, 9.17) is 9.47 Å². The second-order valence-corrected chi connectivity index (χ2v) is 3.29. The minimum absolute atomic E-state index is 0.757. The topological polar surface area (TPSA) is 18.5 Å². The van der Waals surface area contributed by atoms with Crippen molar-refractivity contribution < 1.29 is 9.47 Å². The summed E-state index contributed by atoms with van der Waals surface area (Å²) >= 11 is 2.28. The largest absolute Gasteiger partial charge is 0.497 e. The van der Waals surface area contributed by atoms with E-state index in [1.807, 2.05) is 24.3 Å². The molecule has 0 atom stereocenters. The Morgan fingerprint density at radius 2 is 1.75 bits per heavy atom. The molecule has 0 aromatic heterocycles. The molecular formula is C9H11IO2. The van der Waals surface area contributed by atoms with E-state index in [9.17, 15) is 0 Å². The lowest BCUT2D eigenvalue weighted by molar-refractivity contribution is 0.345. The molecule has 0 saturated heterocycles. The van der Waals surface area contributed by atoms with Crippen LogP contribution in [0, 0.1) is 0 Å². The molecule has 2 nitrogen and oxygen atoms in total. The number of benzene rings is 1. The fourth-order valence-corrected chi connectivity index (χ4v) is 1.05. The fourth-order valence-electron chi connectivity index (χ4n) is 0.828. The van der Waals surface area contributed by atoms with Crippen molar-refractivity contribution in [2.24, 2.45) is 0 Å². The summed E-state index contributed by atoms with van der Waals surface area (Å²) in [5, 5.41) is 0. The van der Waals surface area contributed by atoms with Gasteiger partial charge in [-0.05, 0) is 24.3 Å². The molecule has 0 amide bonds. The molecule has 0 bridgehead atoms. The summed E-state index contributed by atoms with van der Waals surface area (Å²) in [5.74, 6) is 1.75. The third kappa shape index (κ3) is 2.89. The second kappa shape index (κ2) is 5.24. The van der Waals surface area contributed by atoms with E-state index >= 15 is 0 Å². The Morgan fingerprint density at radius 1 is 1.17 bits per heavy atom. The van der Waals surface area contributed by atoms with E-state index in [1.54, 1.807) is 7.11 Å². The van der Waals surface area contributed by atoms with Crippen LogP contribution in [-0.4, -0.2) is 18.1 Å². The summed E-state index contributed by atoms with van der Waals surface area (Å²) in [4.78, 5) is 0. The van der Waals surface area contributed by atoms with Crippen LogP contribution in [0.15, 0.2) is 24.3 Å². The molecule has 0 aliphatic rings. The summed E-state index contributed by atoms with van der Waals surface area (Å²) < 4.78 is 11.4. The van der Waals surface area contributed by atoms with Crippen LogP contribution in [0.4, 0.5) is 0 Å². The first-order chi connectivity index (χ1) is 5.86. The van der Waals surface area contributed by atoms with Crippen molar-refractivity contribution in [3.05, 3.63) is 24.3 Å². The number of rotatable bonds is 4. The highest BCUT2D eigenvalue weighted by Crippen LogP contribution is 2.16. The van der Waals surface area contributed by atoms with Crippen molar-refractivity contribution in [1.29, 1.82) is 0 Å². The predicted octanol–water partition coefficient (Wildman–Crippen LogP) is 2.51. The van der Waals surface area contributed by atoms with Gasteiger partial charge in [0.25, 0.3) is 0 Å². The van der Waals surface area contributed by atoms with Gasteiger partial charge < -0.3 is 9.47 Å². The summed E-state index contributed by atoms with van der Waals surface area (Å²) in [6, 6.07) is 7.60. The van der Waals surface area contributed by atoms with Gasteiger partial charge in [0.2, 0.25) is 0 Å². The molecule has 0 N–H and O–H groups in total. The lowest BCUT2D eigenvalue weighted by Crippen LogP contribution is -1.97. The van der Waals surface area contributed by atoms with Gasteiger partial charge in [-0.25, -0.2) is 0 Å². The maximum Gasteiger partial charge on any atom is 0.119 e. The fraction of sp³-hybridized carbons (Fsp3) is 0.333. The zero-order chi connectivity index (χ0) is 8.81. The van der Waals surface area contributed by atoms with E-state index in [1.165, 1.54) is 0 Å². The molecule has 0 aliphatic heterocycles. The van der Waals surface area contributed by atoms with Crippen LogP contribution < -0.4 is 9.47 Å². The van der Waals surface area contributed by atoms with Crippen molar-refractivity contribution in [3.63, 3.8) is 0 Å². The van der Waals surface area contributed by atoms with E-state index in [2.05, 4.69) is 22.6 Å². The monoisotopic (exact) mass is 278 g/mol. The number of hydrogen-bond donors (Lipinski definition) is 0. The first-order valence-corrected chi connectivity index (χ1v) is 5.22. The molecule has 1 aromatic carbocycles. The highest BCUT2D eigenvalue weighted by atomic mass is 127. The minimum Gasteiger partial charge on any atom is -0.497 e. The molecule has 0 heterocycles. The molecule has 1 aromatic rings. The molecule has 0 fully saturated rings. The zero-order valence-corrected chi connectivity index (χ0v) is 9.08. The molecule has 3 heteroatoms. The summed E-state index contributed by atoms with van der Waals surface area (Å²) in [6.45, 7) is 0.757. The van der Waals surface area contributed by atoms with Gasteiger partial charge in [0, 0.05) is 4.43 Å². The van der Waals surface area contributed by atoms with Gasteiger partial charge in [-0.1, -0.05) is 22.6 Å². The summed E-state index contributed by atoms with van der Waals surface area (Å²) in [6.07, 6.45) is 0. The lowest BCUT2D eigenvalue weighted by atomic mass is 10.3. The van der Waals surface area contributed by atoms with Gasteiger partial charge >= 0.3 is 0 Å². The van der Waals surface area contributed by atoms with Gasteiger partial charge in [0.1, 0.15) is 11.5 Å². The number of ether oxygens (including phenoxy) is 2. The van der Waals surface area contributed by atoms with Crippen LogP contribution in [0.25, 0.3) is 0 Å². The van der Waals surface area contributed by atoms with Gasteiger partial charge in [0.05, 0.1) is 13.7 Å². The third-order valence-corrected chi connectivity index (χ3v) is 1.85. The maximum atomic E-state index is 5.39. The van der Waals surface area contributed by atoms with Gasteiger partial charge in [0.15, 0.2) is 0 Å². The average Bonchev–Trinajstić information content (AvgIpc) is 2.15. The highest BCUT2D eigenvalue weighted by molar-refractivity contribution is 14.1. The van der Waals surface area contributed by atoms with E-state index in [0.29, 0.717) is 0 Å². The number of alkyl halides is 1. The van der Waals surface area contributed by atoms with Crippen molar-refractivity contribution in [3.8, 4) is 11.5 Å². The first-order valence-electron chi connectivity index (χ1n) is 3.69. The van der Waals surface area contributed by atoms with Crippen LogP contribution in [0.5, 0.6) is 11.5 Å². The van der Waals surface area contributed by atoms with Gasteiger partial charge in [-0.3, -0.25) is 0 Å². The van der Waals surface area contributed by atoms with Crippen molar-refractivity contribution >= 4 is 22.6 Å². The Morgan fingerprint density at radius 3 is 2.25 bits per heavy atom. The van der Waals surface area contributed by atoms with Gasteiger partial charge in [-0.2, -0.15) is 0 Å². The minimum atomic E-state index is 0.757. The maximum absolute atomic E-state index is 5.39. The van der Waals surface area contributed by atoms with Crippen molar-refractivity contribution in [2.45, 2.75) is 0 Å². The average molecular weight is 278 g/mol. The van der Waals surface area contributed by atoms with Crippen LogP contribution >= 0.6 is 22.6 Å². The molecule has 0 spiro atoms. The number of hydrogen-bond acceptors (Lipinski definition) is 2. The first kappa shape index (κ1) is 9.64. The standard InChI is InChI=1S/C9H11IO2/c1-11-8-2-4-9(5-3-8)12-7-6-10/h2-5H,6-7H2,1H3. The number of methoxy groups -OCH3 is 1. The molecular weight excluding hydrogens is 267 g/mol. The molecule has 0 aliphatic carbocycles. The molecule has 66 valence electrons. The SMILES string of the molecule is COc1ccc(OCCI)cc1. The Kier molecular flexibility index (Phi) is 4.21. The quantitative estimate of drug-likeness (QED) is 0.622. The van der Waals surface area contributed by atoms with E-state index in [0.717, 1.165) is 22.5 Å². The van der Waals surface area contributed by atoms with Crippen molar-refractivity contribution in [2.75, 3.05) is 18.1 Å². The Bertz CT molecular complexity index is 220. The molecule has 12 heavy (non-hydrogen) atoms. The van der Waals surface area contributed by atoms with Gasteiger partial charge in [-0.15, -0.1) is 0 Å². The predicted molar refractivity (Wildman–Crippen MR) is 57.4 cm³/mol. The van der Waals surface area contributed by atoms with Crippen molar-refractivity contribution in [1.82, 2.24) is 0 Å². The Hall–Kier alpha value is -0.450. The van der Waals surface area contributed by atoms with E-state index < -0.39 is 0 Å². The zero-order valence-electron chi connectivity index (χ0n) is 6.92. The Labute approximate surface area is 86.0 Å². The highest BCUT2D eigenvalue weighted by Gasteiger charge is 1.93. The smallest absolute Gasteiger partial charge is 0.119 e. The normalized spacial score (nSPS) is 9.50. The van der Waals surface area contributed by atoms with Crippen LogP contribution in [0.2, 0.25) is 0 Å². The third-order valence-electron chi connectivity index (χ3n) is 1.41. The van der Waals surface area contributed by atoms with Crippen LogP contribution in [0.1, 0.15) is 0 Å². The summed E-state index contributed by atoms with van der Waals surface area (Å²) in [7, 11) is 1.65. The Balaban J connectivity index is 2.53.